The number of carbonyl (C=O) groups excluding carboxylic acids is 1. The van der Waals surface area contributed by atoms with Crippen molar-refractivity contribution in [3.63, 3.8) is 0 Å². The number of thioether (sulfide) groups is 1. The molecule has 8 heteroatoms. The number of halogens is 2. The molecular weight excluding hydrogens is 304 g/mol. The van der Waals surface area contributed by atoms with Gasteiger partial charge in [0, 0.05) is 6.04 Å². The standard InChI is InChI=1S/C13H13F2NO4S/c14-13(15)21-6-9-3-4-10(20-9)11(17)16-8-2-1-7(5-8)12(18)19/h1-4,7-8,13H,5-6H2,(H,16,17)(H,18,19). The molecule has 5 nitrogen and oxygen atoms in total. The average Bonchev–Trinajstić information content (AvgIpc) is 3.04. The van der Waals surface area contributed by atoms with Crippen LogP contribution in [0.2, 0.25) is 0 Å². The van der Waals surface area contributed by atoms with Gasteiger partial charge in [0.15, 0.2) is 5.76 Å². The highest BCUT2D eigenvalue weighted by Gasteiger charge is 2.26. The quantitative estimate of drug-likeness (QED) is 0.788. The third kappa shape index (κ3) is 4.32. The summed E-state index contributed by atoms with van der Waals surface area (Å²) in [6, 6.07) is 2.50. The Morgan fingerprint density at radius 2 is 2.19 bits per heavy atom. The van der Waals surface area contributed by atoms with E-state index in [1.54, 1.807) is 6.08 Å². The summed E-state index contributed by atoms with van der Waals surface area (Å²) in [5.74, 6) is -4.25. The van der Waals surface area contributed by atoms with Gasteiger partial charge in [-0.15, -0.1) is 0 Å². The first-order valence-electron chi connectivity index (χ1n) is 6.16. The SMILES string of the molecule is O=C(NC1C=CC(C(=O)O)C1)c1ccc(CSC(F)F)o1. The van der Waals surface area contributed by atoms with Crippen LogP contribution in [0.1, 0.15) is 22.7 Å². The monoisotopic (exact) mass is 317 g/mol. The van der Waals surface area contributed by atoms with Crippen LogP contribution >= 0.6 is 11.8 Å². The van der Waals surface area contributed by atoms with Crippen LogP contribution in [0.5, 0.6) is 0 Å². The topological polar surface area (TPSA) is 79.5 Å². The van der Waals surface area contributed by atoms with Crippen molar-refractivity contribution in [3.8, 4) is 0 Å². The van der Waals surface area contributed by atoms with Gasteiger partial charge in [0.1, 0.15) is 5.76 Å². The third-order valence-corrected chi connectivity index (χ3v) is 3.66. The molecule has 0 radical (unpaired) electrons. The first-order valence-corrected chi connectivity index (χ1v) is 7.21. The molecule has 1 amide bonds. The Morgan fingerprint density at radius 3 is 2.81 bits per heavy atom. The minimum absolute atomic E-state index is 0.0185. The summed E-state index contributed by atoms with van der Waals surface area (Å²) in [7, 11) is 0. The third-order valence-electron chi connectivity index (χ3n) is 2.95. The molecule has 2 atom stereocenters. The number of carboxylic acid groups (broad SMARTS) is 1. The van der Waals surface area contributed by atoms with Gasteiger partial charge in [-0.25, -0.2) is 0 Å². The molecule has 0 fully saturated rings. The molecule has 2 unspecified atom stereocenters. The first kappa shape index (κ1) is 15.6. The molecule has 0 saturated heterocycles. The fourth-order valence-corrected chi connectivity index (χ4v) is 2.40. The largest absolute Gasteiger partial charge is 0.481 e. The van der Waals surface area contributed by atoms with E-state index in [1.165, 1.54) is 18.2 Å². The van der Waals surface area contributed by atoms with Crippen LogP contribution in [0.3, 0.4) is 0 Å². The summed E-state index contributed by atoms with van der Waals surface area (Å²) in [5, 5.41) is 11.5. The zero-order valence-corrected chi connectivity index (χ0v) is 11.6. The average molecular weight is 317 g/mol. The number of rotatable bonds is 6. The van der Waals surface area contributed by atoms with Gasteiger partial charge < -0.3 is 14.8 Å². The second-order valence-electron chi connectivity index (χ2n) is 4.48. The summed E-state index contributed by atoms with van der Waals surface area (Å²) in [5.41, 5.74) is 0. The second-order valence-corrected chi connectivity index (χ2v) is 5.46. The molecule has 1 heterocycles. The fourth-order valence-electron chi connectivity index (χ4n) is 1.95. The summed E-state index contributed by atoms with van der Waals surface area (Å²) >= 11 is 0.411. The van der Waals surface area contributed by atoms with Crippen LogP contribution in [0.15, 0.2) is 28.7 Å². The Labute approximate surface area is 123 Å². The van der Waals surface area contributed by atoms with E-state index in [4.69, 9.17) is 9.52 Å². The summed E-state index contributed by atoms with van der Waals surface area (Å²) in [4.78, 5) is 22.7. The smallest absolute Gasteiger partial charge is 0.310 e. The molecule has 0 bridgehead atoms. The fraction of sp³-hybridized carbons (Fsp3) is 0.385. The zero-order chi connectivity index (χ0) is 15.4. The minimum Gasteiger partial charge on any atom is -0.481 e. The van der Waals surface area contributed by atoms with E-state index in [0.717, 1.165) is 0 Å². The Bertz CT molecular complexity index is 558. The summed E-state index contributed by atoms with van der Waals surface area (Å²) < 4.78 is 29.3. The van der Waals surface area contributed by atoms with Gasteiger partial charge in [0.05, 0.1) is 11.7 Å². The van der Waals surface area contributed by atoms with Crippen molar-refractivity contribution < 1.29 is 27.9 Å². The van der Waals surface area contributed by atoms with E-state index in [9.17, 15) is 18.4 Å². The van der Waals surface area contributed by atoms with Crippen LogP contribution in [-0.2, 0) is 10.5 Å². The number of alkyl halides is 2. The van der Waals surface area contributed by atoms with E-state index >= 15 is 0 Å². The lowest BCUT2D eigenvalue weighted by molar-refractivity contribution is -0.140. The maximum absolute atomic E-state index is 12.0. The van der Waals surface area contributed by atoms with Crippen molar-refractivity contribution in [1.29, 1.82) is 0 Å². The molecule has 2 N–H and O–H groups in total. The minimum atomic E-state index is -2.50. The highest BCUT2D eigenvalue weighted by molar-refractivity contribution is 7.98. The van der Waals surface area contributed by atoms with Crippen molar-refractivity contribution in [1.82, 2.24) is 5.32 Å². The summed E-state index contributed by atoms with van der Waals surface area (Å²) in [6.07, 6.45) is 3.43. The van der Waals surface area contributed by atoms with E-state index in [2.05, 4.69) is 5.32 Å². The molecule has 2 rings (SSSR count). The molecule has 1 aliphatic rings. The van der Waals surface area contributed by atoms with Gasteiger partial charge in [-0.3, -0.25) is 9.59 Å². The van der Waals surface area contributed by atoms with Crippen molar-refractivity contribution in [2.24, 2.45) is 5.92 Å². The number of aliphatic carboxylic acids is 1. The Balaban J connectivity index is 1.87. The number of hydrogen-bond acceptors (Lipinski definition) is 4. The van der Waals surface area contributed by atoms with Gasteiger partial charge in [-0.05, 0) is 18.6 Å². The van der Waals surface area contributed by atoms with Gasteiger partial charge in [-0.2, -0.15) is 8.78 Å². The predicted octanol–water partition coefficient (Wildman–Crippen LogP) is 2.49. The van der Waals surface area contributed by atoms with Gasteiger partial charge in [-0.1, -0.05) is 23.9 Å². The number of carbonyl (C=O) groups is 2. The van der Waals surface area contributed by atoms with Gasteiger partial charge in [0.2, 0.25) is 0 Å². The molecule has 0 saturated carbocycles. The molecule has 1 aliphatic carbocycles. The molecule has 0 aliphatic heterocycles. The van der Waals surface area contributed by atoms with E-state index < -0.39 is 23.6 Å². The molecule has 21 heavy (non-hydrogen) atoms. The molecule has 0 aromatic carbocycles. The van der Waals surface area contributed by atoms with Crippen molar-refractivity contribution in [3.05, 3.63) is 35.8 Å². The van der Waals surface area contributed by atoms with Crippen molar-refractivity contribution >= 4 is 23.6 Å². The number of carboxylic acids is 1. The van der Waals surface area contributed by atoms with Crippen LogP contribution in [-0.4, -0.2) is 28.8 Å². The predicted molar refractivity (Wildman–Crippen MR) is 72.1 cm³/mol. The lowest BCUT2D eigenvalue weighted by Gasteiger charge is -2.10. The van der Waals surface area contributed by atoms with Gasteiger partial charge >= 0.3 is 5.97 Å². The zero-order valence-electron chi connectivity index (χ0n) is 10.8. The normalized spacial score (nSPS) is 20.9. The lowest BCUT2D eigenvalue weighted by Crippen LogP contribution is -2.33. The van der Waals surface area contributed by atoms with E-state index in [-0.39, 0.29) is 29.7 Å². The Morgan fingerprint density at radius 1 is 1.43 bits per heavy atom. The highest BCUT2D eigenvalue weighted by Crippen LogP contribution is 2.22. The van der Waals surface area contributed by atoms with Crippen LogP contribution in [0.25, 0.3) is 0 Å². The lowest BCUT2D eigenvalue weighted by atomic mass is 10.1. The van der Waals surface area contributed by atoms with Gasteiger partial charge in [0.25, 0.3) is 11.7 Å². The molecule has 1 aromatic rings. The maximum atomic E-state index is 12.0. The summed E-state index contributed by atoms with van der Waals surface area (Å²) in [6.45, 7) is 0. The van der Waals surface area contributed by atoms with Crippen LogP contribution in [0.4, 0.5) is 8.78 Å². The maximum Gasteiger partial charge on any atom is 0.310 e. The van der Waals surface area contributed by atoms with E-state index in [1.807, 2.05) is 0 Å². The number of hydrogen-bond donors (Lipinski definition) is 2. The van der Waals surface area contributed by atoms with E-state index in [0.29, 0.717) is 11.8 Å². The number of amides is 1. The molecule has 114 valence electrons. The number of nitrogens with one attached hydrogen (secondary N) is 1. The Hall–Kier alpha value is -1.83. The van der Waals surface area contributed by atoms with Crippen LogP contribution in [0, 0.1) is 5.92 Å². The second kappa shape index (κ2) is 6.75. The van der Waals surface area contributed by atoms with Crippen molar-refractivity contribution in [2.75, 3.05) is 0 Å². The highest BCUT2D eigenvalue weighted by atomic mass is 32.2. The number of furan rings is 1. The van der Waals surface area contributed by atoms with Crippen LogP contribution < -0.4 is 5.32 Å². The molecule has 0 spiro atoms. The molecule has 1 aromatic heterocycles. The van der Waals surface area contributed by atoms with Crippen molar-refractivity contribution in [2.45, 2.75) is 24.0 Å². The first-order chi connectivity index (χ1) is 9.95. The Kier molecular flexibility index (Phi) is 5.00. The molecular formula is C13H13F2NO4S.